The van der Waals surface area contributed by atoms with Gasteiger partial charge in [-0.2, -0.15) is 0 Å². The molecule has 18 heavy (non-hydrogen) atoms. The Morgan fingerprint density at radius 2 is 1.72 bits per heavy atom. The molecule has 4 atom stereocenters. The van der Waals surface area contributed by atoms with Gasteiger partial charge in [0.1, 0.15) is 0 Å². The predicted molar refractivity (Wildman–Crippen MR) is 62.4 cm³/mol. The van der Waals surface area contributed by atoms with Crippen LogP contribution in [0.2, 0.25) is 0 Å². The summed E-state index contributed by atoms with van der Waals surface area (Å²) in [5, 5.41) is 9.07. The fourth-order valence-electron chi connectivity index (χ4n) is 3.29. The van der Waals surface area contributed by atoms with Crippen LogP contribution < -0.4 is 0 Å². The maximum Gasteiger partial charge on any atom is 0.236 e. The van der Waals surface area contributed by atoms with Crippen LogP contribution in [0, 0.1) is 11.8 Å². The van der Waals surface area contributed by atoms with Crippen LogP contribution >= 0.6 is 0 Å². The molecule has 0 saturated carbocycles. The number of carbonyl (C=O) groups is 2. The number of nitrogens with zero attached hydrogens (tertiary/aromatic N) is 1. The van der Waals surface area contributed by atoms with Gasteiger partial charge < -0.3 is 9.84 Å². The van der Waals surface area contributed by atoms with Gasteiger partial charge >= 0.3 is 0 Å². The van der Waals surface area contributed by atoms with E-state index in [1.165, 1.54) is 4.90 Å². The van der Waals surface area contributed by atoms with Crippen molar-refractivity contribution < 1.29 is 19.4 Å². The Kier molecular flexibility index (Phi) is 2.40. The molecular formula is C13H17NO4. The fourth-order valence-corrected chi connectivity index (χ4v) is 3.29. The summed E-state index contributed by atoms with van der Waals surface area (Å²) in [6.45, 7) is 3.59. The molecule has 0 aromatic carbocycles. The van der Waals surface area contributed by atoms with Gasteiger partial charge in [0.25, 0.3) is 0 Å². The zero-order chi connectivity index (χ0) is 13.1. The van der Waals surface area contributed by atoms with Crippen molar-refractivity contribution >= 4 is 11.8 Å². The minimum Gasteiger partial charge on any atom is -0.396 e. The van der Waals surface area contributed by atoms with Crippen LogP contribution in [0.3, 0.4) is 0 Å². The van der Waals surface area contributed by atoms with E-state index < -0.39 is 5.54 Å². The normalized spacial score (nSPS) is 37.8. The summed E-state index contributed by atoms with van der Waals surface area (Å²) < 4.78 is 5.57. The van der Waals surface area contributed by atoms with Crippen LogP contribution in [0.4, 0.5) is 0 Å². The number of likely N-dealkylation sites (tertiary alicyclic amines) is 1. The van der Waals surface area contributed by atoms with Crippen molar-refractivity contribution in [2.45, 2.75) is 38.0 Å². The SMILES string of the molecule is CC(C)(CCO)N1C(=O)C2C3C=CC(O3)C2C1=O. The molecule has 2 amide bonds. The first-order valence-corrected chi connectivity index (χ1v) is 6.30. The van der Waals surface area contributed by atoms with Gasteiger partial charge in [0.2, 0.25) is 11.8 Å². The number of carbonyl (C=O) groups excluding carboxylic acids is 2. The highest BCUT2D eigenvalue weighted by atomic mass is 16.5. The number of hydrogen-bond donors (Lipinski definition) is 1. The Bertz CT molecular complexity index is 412. The highest BCUT2D eigenvalue weighted by molar-refractivity contribution is 6.07. The monoisotopic (exact) mass is 251 g/mol. The highest BCUT2D eigenvalue weighted by Crippen LogP contribution is 2.47. The molecule has 0 aromatic rings. The number of amides is 2. The third-order valence-electron chi connectivity index (χ3n) is 4.24. The maximum atomic E-state index is 12.4. The minimum absolute atomic E-state index is 0.0407. The average molecular weight is 251 g/mol. The molecule has 0 spiro atoms. The van der Waals surface area contributed by atoms with E-state index in [9.17, 15) is 9.59 Å². The molecule has 5 heteroatoms. The first kappa shape index (κ1) is 11.9. The molecule has 5 nitrogen and oxygen atoms in total. The van der Waals surface area contributed by atoms with Gasteiger partial charge in [0.15, 0.2) is 0 Å². The van der Waals surface area contributed by atoms with Gasteiger partial charge in [-0.3, -0.25) is 14.5 Å². The zero-order valence-electron chi connectivity index (χ0n) is 10.5. The lowest BCUT2D eigenvalue weighted by atomic mass is 9.85. The summed E-state index contributed by atoms with van der Waals surface area (Å²) in [7, 11) is 0. The molecule has 3 aliphatic heterocycles. The quantitative estimate of drug-likeness (QED) is 0.570. The van der Waals surface area contributed by atoms with Crippen molar-refractivity contribution in [2.24, 2.45) is 11.8 Å². The number of ether oxygens (including phenoxy) is 1. The summed E-state index contributed by atoms with van der Waals surface area (Å²) in [5.41, 5.74) is -0.632. The van der Waals surface area contributed by atoms with Crippen molar-refractivity contribution in [2.75, 3.05) is 6.61 Å². The van der Waals surface area contributed by atoms with E-state index in [1.54, 1.807) is 0 Å². The van der Waals surface area contributed by atoms with Gasteiger partial charge in [-0.25, -0.2) is 0 Å². The van der Waals surface area contributed by atoms with Crippen molar-refractivity contribution in [3.8, 4) is 0 Å². The lowest BCUT2D eigenvalue weighted by molar-refractivity contribution is -0.149. The molecular weight excluding hydrogens is 234 g/mol. The Morgan fingerprint density at radius 1 is 1.22 bits per heavy atom. The van der Waals surface area contributed by atoms with Crippen LogP contribution in [0.1, 0.15) is 20.3 Å². The van der Waals surface area contributed by atoms with E-state index in [0.29, 0.717) is 6.42 Å². The fraction of sp³-hybridized carbons (Fsp3) is 0.692. The number of hydrogen-bond acceptors (Lipinski definition) is 4. The average Bonchev–Trinajstić information content (AvgIpc) is 2.92. The molecule has 3 rings (SSSR count). The zero-order valence-corrected chi connectivity index (χ0v) is 10.5. The van der Waals surface area contributed by atoms with E-state index in [-0.39, 0.29) is 42.5 Å². The lowest BCUT2D eigenvalue weighted by Crippen LogP contribution is -2.49. The smallest absolute Gasteiger partial charge is 0.236 e. The highest BCUT2D eigenvalue weighted by Gasteiger charge is 2.62. The van der Waals surface area contributed by atoms with E-state index in [0.717, 1.165) is 0 Å². The molecule has 2 fully saturated rings. The Labute approximate surface area is 105 Å². The Balaban J connectivity index is 1.93. The van der Waals surface area contributed by atoms with Crippen LogP contribution in [-0.4, -0.2) is 46.2 Å². The maximum absolute atomic E-state index is 12.4. The molecule has 1 N–H and O–H groups in total. The third kappa shape index (κ3) is 1.34. The number of aliphatic hydroxyl groups excluding tert-OH is 1. The summed E-state index contributed by atoms with van der Waals surface area (Å²) in [6.07, 6.45) is 3.66. The molecule has 2 bridgehead atoms. The Hall–Kier alpha value is -1.20. The molecule has 3 heterocycles. The molecule has 98 valence electrons. The number of imide groups is 1. The first-order chi connectivity index (χ1) is 8.47. The number of aliphatic hydroxyl groups is 1. The minimum atomic E-state index is -0.632. The van der Waals surface area contributed by atoms with E-state index >= 15 is 0 Å². The van der Waals surface area contributed by atoms with E-state index in [1.807, 2.05) is 26.0 Å². The molecule has 2 saturated heterocycles. The van der Waals surface area contributed by atoms with Crippen LogP contribution in [0.5, 0.6) is 0 Å². The van der Waals surface area contributed by atoms with Gasteiger partial charge in [0, 0.05) is 12.1 Å². The lowest BCUT2D eigenvalue weighted by Gasteiger charge is -2.34. The summed E-state index contributed by atoms with van der Waals surface area (Å²) >= 11 is 0. The van der Waals surface area contributed by atoms with Gasteiger partial charge in [-0.1, -0.05) is 12.2 Å². The summed E-state index contributed by atoms with van der Waals surface area (Å²) in [6, 6.07) is 0. The van der Waals surface area contributed by atoms with Crippen LogP contribution in [0.15, 0.2) is 12.2 Å². The third-order valence-corrected chi connectivity index (χ3v) is 4.24. The van der Waals surface area contributed by atoms with Crippen molar-refractivity contribution in [3.05, 3.63) is 12.2 Å². The van der Waals surface area contributed by atoms with E-state index in [2.05, 4.69) is 0 Å². The molecule has 4 unspecified atom stereocenters. The van der Waals surface area contributed by atoms with Crippen LogP contribution in [0.25, 0.3) is 0 Å². The van der Waals surface area contributed by atoms with Crippen molar-refractivity contribution in [1.82, 2.24) is 4.90 Å². The van der Waals surface area contributed by atoms with Gasteiger partial charge in [-0.05, 0) is 20.3 Å². The Morgan fingerprint density at radius 3 is 2.17 bits per heavy atom. The second-order valence-electron chi connectivity index (χ2n) is 5.80. The molecule has 0 aromatic heterocycles. The van der Waals surface area contributed by atoms with Gasteiger partial charge in [-0.15, -0.1) is 0 Å². The summed E-state index contributed by atoms with van der Waals surface area (Å²) in [5.74, 6) is -1.02. The second kappa shape index (κ2) is 3.65. The molecule has 0 aliphatic carbocycles. The largest absolute Gasteiger partial charge is 0.396 e. The predicted octanol–water partition coefficient (Wildman–Crippen LogP) is 0.0858. The summed E-state index contributed by atoms with van der Waals surface area (Å²) in [4.78, 5) is 26.2. The first-order valence-electron chi connectivity index (χ1n) is 6.30. The molecule has 3 aliphatic rings. The van der Waals surface area contributed by atoms with E-state index in [4.69, 9.17) is 9.84 Å². The number of rotatable bonds is 3. The van der Waals surface area contributed by atoms with Gasteiger partial charge in [0.05, 0.1) is 24.0 Å². The molecule has 0 radical (unpaired) electrons. The van der Waals surface area contributed by atoms with Crippen molar-refractivity contribution in [1.29, 1.82) is 0 Å². The second-order valence-corrected chi connectivity index (χ2v) is 5.80. The van der Waals surface area contributed by atoms with Crippen LogP contribution in [-0.2, 0) is 14.3 Å². The standard InChI is InChI=1S/C13H17NO4/c1-13(2,5-6-15)14-11(16)9-7-3-4-8(18-7)10(9)12(14)17/h3-4,7-10,15H,5-6H2,1-2H3. The number of fused-ring (bicyclic) bond motifs is 5. The van der Waals surface area contributed by atoms with Crippen molar-refractivity contribution in [3.63, 3.8) is 0 Å². The topological polar surface area (TPSA) is 66.8 Å².